The second-order valence-electron chi connectivity index (χ2n) is 5.47. The topological polar surface area (TPSA) is 32.3 Å². The number of hydrogen-bond acceptors (Lipinski definition) is 4. The minimum Gasteiger partial charge on any atom is -0.298 e. The highest BCUT2D eigenvalue weighted by atomic mass is 15.3. The smallest absolute Gasteiger partial charge is 0.142 e. The van der Waals surface area contributed by atoms with Gasteiger partial charge in [0, 0.05) is 43.6 Å². The molecule has 2 heterocycles. The Hall–Kier alpha value is -1.00. The molecule has 100 valence electrons. The first kappa shape index (κ1) is 13.4. The maximum Gasteiger partial charge on any atom is 0.142 e. The van der Waals surface area contributed by atoms with Gasteiger partial charge < -0.3 is 0 Å². The Morgan fingerprint density at radius 2 is 1.61 bits per heavy atom. The third-order valence-electron chi connectivity index (χ3n) is 3.53. The molecule has 1 aliphatic rings. The van der Waals surface area contributed by atoms with Crippen LogP contribution in [0.5, 0.6) is 0 Å². The molecule has 18 heavy (non-hydrogen) atoms. The quantitative estimate of drug-likeness (QED) is 0.813. The van der Waals surface area contributed by atoms with Crippen LogP contribution in [0.25, 0.3) is 0 Å². The van der Waals surface area contributed by atoms with Crippen LogP contribution in [0.15, 0.2) is 6.07 Å². The van der Waals surface area contributed by atoms with Crippen LogP contribution < -0.4 is 0 Å². The second kappa shape index (κ2) is 5.76. The summed E-state index contributed by atoms with van der Waals surface area (Å²) >= 11 is 0. The lowest BCUT2D eigenvalue weighted by molar-refractivity contribution is 0.102. The summed E-state index contributed by atoms with van der Waals surface area (Å²) in [5.41, 5.74) is 2.14. The molecule has 0 bridgehead atoms. The van der Waals surface area contributed by atoms with Crippen molar-refractivity contribution in [3.63, 3.8) is 0 Å². The summed E-state index contributed by atoms with van der Waals surface area (Å²) in [4.78, 5) is 14.0. The fourth-order valence-corrected chi connectivity index (χ4v) is 2.51. The van der Waals surface area contributed by atoms with Crippen molar-refractivity contribution in [1.29, 1.82) is 0 Å². The van der Waals surface area contributed by atoms with Gasteiger partial charge in [-0.3, -0.25) is 9.80 Å². The van der Waals surface area contributed by atoms with Gasteiger partial charge >= 0.3 is 0 Å². The highest BCUT2D eigenvalue weighted by molar-refractivity contribution is 5.08. The Morgan fingerprint density at radius 3 is 2.11 bits per heavy atom. The zero-order valence-electron chi connectivity index (χ0n) is 12.0. The molecule has 0 unspecified atom stereocenters. The van der Waals surface area contributed by atoms with Crippen LogP contribution >= 0.6 is 0 Å². The molecule has 1 aromatic rings. The molecule has 0 atom stereocenters. The van der Waals surface area contributed by atoms with E-state index in [0.29, 0.717) is 6.04 Å². The SMILES string of the molecule is Cc1cc(C)nc(CN2CCN(C(C)C)CC2)n1. The van der Waals surface area contributed by atoms with Gasteiger partial charge in [0.25, 0.3) is 0 Å². The lowest BCUT2D eigenvalue weighted by Gasteiger charge is -2.36. The fraction of sp³-hybridized carbons (Fsp3) is 0.714. The first-order valence-electron chi connectivity index (χ1n) is 6.82. The second-order valence-corrected chi connectivity index (χ2v) is 5.47. The van der Waals surface area contributed by atoms with Crippen molar-refractivity contribution in [2.45, 2.75) is 40.3 Å². The van der Waals surface area contributed by atoms with Crippen molar-refractivity contribution >= 4 is 0 Å². The van der Waals surface area contributed by atoms with E-state index < -0.39 is 0 Å². The molecule has 4 nitrogen and oxygen atoms in total. The van der Waals surface area contributed by atoms with Gasteiger partial charge in [-0.15, -0.1) is 0 Å². The summed E-state index contributed by atoms with van der Waals surface area (Å²) in [5.74, 6) is 0.963. The van der Waals surface area contributed by atoms with Crippen molar-refractivity contribution in [1.82, 2.24) is 19.8 Å². The summed E-state index contributed by atoms with van der Waals surface area (Å²) in [6.07, 6.45) is 0. The van der Waals surface area contributed by atoms with Crippen LogP contribution in [0.3, 0.4) is 0 Å². The summed E-state index contributed by atoms with van der Waals surface area (Å²) in [7, 11) is 0. The highest BCUT2D eigenvalue weighted by Gasteiger charge is 2.19. The Balaban J connectivity index is 1.91. The van der Waals surface area contributed by atoms with Crippen LogP contribution in [-0.4, -0.2) is 52.0 Å². The van der Waals surface area contributed by atoms with E-state index in [1.807, 2.05) is 19.9 Å². The molecule has 4 heteroatoms. The fourth-order valence-electron chi connectivity index (χ4n) is 2.51. The van der Waals surface area contributed by atoms with Gasteiger partial charge in [0.05, 0.1) is 6.54 Å². The lowest BCUT2D eigenvalue weighted by Crippen LogP contribution is -2.48. The number of rotatable bonds is 3. The van der Waals surface area contributed by atoms with Crippen molar-refractivity contribution in [3.05, 3.63) is 23.3 Å². The Kier molecular flexibility index (Phi) is 4.30. The van der Waals surface area contributed by atoms with E-state index in [2.05, 4.69) is 33.6 Å². The number of aryl methyl sites for hydroxylation is 2. The standard InChI is InChI=1S/C14H24N4/c1-11(2)18-7-5-17(6-8-18)10-14-15-12(3)9-13(4)16-14/h9,11H,5-8,10H2,1-4H3. The molecule has 0 N–H and O–H groups in total. The minimum absolute atomic E-state index is 0.657. The van der Waals surface area contributed by atoms with Gasteiger partial charge in [-0.1, -0.05) is 0 Å². The molecule has 0 radical (unpaired) electrons. The first-order valence-corrected chi connectivity index (χ1v) is 6.82. The Labute approximate surface area is 110 Å². The first-order chi connectivity index (χ1) is 8.54. The molecule has 1 aliphatic heterocycles. The van der Waals surface area contributed by atoms with E-state index in [1.54, 1.807) is 0 Å². The summed E-state index contributed by atoms with van der Waals surface area (Å²) in [6, 6.07) is 2.69. The molecular weight excluding hydrogens is 224 g/mol. The largest absolute Gasteiger partial charge is 0.298 e. The zero-order valence-corrected chi connectivity index (χ0v) is 12.0. The maximum atomic E-state index is 4.52. The maximum absolute atomic E-state index is 4.52. The van der Waals surface area contributed by atoms with Crippen LogP contribution in [-0.2, 0) is 6.54 Å². The predicted octanol–water partition coefficient (Wildman–Crippen LogP) is 1.62. The molecule has 0 aliphatic carbocycles. The van der Waals surface area contributed by atoms with Crippen molar-refractivity contribution in [3.8, 4) is 0 Å². The average Bonchev–Trinajstić information content (AvgIpc) is 2.28. The molecule has 1 fully saturated rings. The van der Waals surface area contributed by atoms with E-state index in [9.17, 15) is 0 Å². The molecule has 0 aromatic carbocycles. The van der Waals surface area contributed by atoms with Crippen molar-refractivity contribution in [2.75, 3.05) is 26.2 Å². The number of aromatic nitrogens is 2. The molecule has 2 rings (SSSR count). The molecule has 0 spiro atoms. The zero-order chi connectivity index (χ0) is 13.1. The van der Waals surface area contributed by atoms with Gasteiger partial charge in [0.1, 0.15) is 5.82 Å². The van der Waals surface area contributed by atoms with Crippen LogP contribution in [0.1, 0.15) is 31.1 Å². The van der Waals surface area contributed by atoms with E-state index in [0.717, 1.165) is 49.9 Å². The number of piperazine rings is 1. The van der Waals surface area contributed by atoms with E-state index >= 15 is 0 Å². The minimum atomic E-state index is 0.657. The number of hydrogen-bond donors (Lipinski definition) is 0. The summed E-state index contributed by atoms with van der Waals surface area (Å²) < 4.78 is 0. The molecule has 1 aromatic heterocycles. The van der Waals surface area contributed by atoms with Gasteiger partial charge in [-0.2, -0.15) is 0 Å². The summed E-state index contributed by atoms with van der Waals surface area (Å²) in [6.45, 7) is 14.0. The van der Waals surface area contributed by atoms with E-state index in [4.69, 9.17) is 0 Å². The molecule has 1 saturated heterocycles. The number of nitrogens with zero attached hydrogens (tertiary/aromatic N) is 4. The van der Waals surface area contributed by atoms with Crippen LogP contribution in [0, 0.1) is 13.8 Å². The molecule has 0 amide bonds. The van der Waals surface area contributed by atoms with Gasteiger partial charge in [-0.25, -0.2) is 9.97 Å². The lowest BCUT2D eigenvalue weighted by atomic mass is 10.2. The van der Waals surface area contributed by atoms with E-state index in [-0.39, 0.29) is 0 Å². The average molecular weight is 248 g/mol. The van der Waals surface area contributed by atoms with Gasteiger partial charge in [0.15, 0.2) is 0 Å². The molecule has 0 saturated carbocycles. The van der Waals surface area contributed by atoms with Gasteiger partial charge in [0.2, 0.25) is 0 Å². The molecular formula is C14H24N4. The third kappa shape index (κ3) is 3.50. The Morgan fingerprint density at radius 1 is 1.06 bits per heavy atom. The normalized spacial score (nSPS) is 18.5. The van der Waals surface area contributed by atoms with Gasteiger partial charge in [-0.05, 0) is 33.8 Å². The Bertz CT molecular complexity index is 375. The predicted molar refractivity (Wildman–Crippen MR) is 73.5 cm³/mol. The van der Waals surface area contributed by atoms with E-state index in [1.165, 1.54) is 0 Å². The van der Waals surface area contributed by atoms with Crippen LogP contribution in [0.2, 0.25) is 0 Å². The van der Waals surface area contributed by atoms with Crippen molar-refractivity contribution < 1.29 is 0 Å². The summed E-state index contributed by atoms with van der Waals surface area (Å²) in [5, 5.41) is 0. The van der Waals surface area contributed by atoms with Crippen LogP contribution in [0.4, 0.5) is 0 Å². The third-order valence-corrected chi connectivity index (χ3v) is 3.53. The highest BCUT2D eigenvalue weighted by Crippen LogP contribution is 2.09. The monoisotopic (exact) mass is 248 g/mol. The van der Waals surface area contributed by atoms with Crippen molar-refractivity contribution in [2.24, 2.45) is 0 Å².